The van der Waals surface area contributed by atoms with Crippen molar-refractivity contribution in [3.63, 3.8) is 0 Å². The number of rotatable bonds is 9. The van der Waals surface area contributed by atoms with E-state index in [1.54, 1.807) is 0 Å². The van der Waals surface area contributed by atoms with Crippen LogP contribution in [0.3, 0.4) is 0 Å². The molecule has 236 valence electrons. The van der Waals surface area contributed by atoms with Gasteiger partial charge in [0.1, 0.15) is 6.23 Å². The van der Waals surface area contributed by atoms with E-state index >= 15 is 0 Å². The SMILES string of the molecule is CC(C)(CNC(=O)CCC1NC(C2CC(C(F)(F)F)CC(C(F)(F)F)C2)NO1)CNC1NNC(=O)C2CCCCC12. The Hall–Kier alpha value is -1.68. The molecule has 15 heteroatoms. The summed E-state index contributed by atoms with van der Waals surface area (Å²) in [7, 11) is 0. The highest BCUT2D eigenvalue weighted by atomic mass is 19.4. The van der Waals surface area contributed by atoms with E-state index < -0.39 is 61.8 Å². The van der Waals surface area contributed by atoms with E-state index in [9.17, 15) is 35.9 Å². The number of hydroxylamine groups is 1. The third kappa shape index (κ3) is 8.68. The minimum absolute atomic E-state index is 0.000986. The molecule has 4 aliphatic rings. The van der Waals surface area contributed by atoms with Crippen molar-refractivity contribution in [3.8, 4) is 0 Å². The van der Waals surface area contributed by atoms with Crippen LogP contribution in [0, 0.1) is 35.0 Å². The predicted molar refractivity (Wildman–Crippen MR) is 136 cm³/mol. The number of nitrogens with one attached hydrogen (secondary N) is 6. The van der Waals surface area contributed by atoms with Crippen LogP contribution >= 0.6 is 0 Å². The van der Waals surface area contributed by atoms with E-state index in [1.165, 1.54) is 0 Å². The molecule has 4 fully saturated rings. The number of carbonyl (C=O) groups is 2. The second-order valence-corrected chi connectivity index (χ2v) is 12.8. The molecular formula is C26H42F6N6O3. The number of alkyl halides is 6. The lowest BCUT2D eigenvalue weighted by Gasteiger charge is -2.42. The van der Waals surface area contributed by atoms with Crippen LogP contribution in [0.2, 0.25) is 0 Å². The molecule has 2 aliphatic carbocycles. The zero-order valence-corrected chi connectivity index (χ0v) is 23.4. The maximum absolute atomic E-state index is 13.3. The normalized spacial score (nSPS) is 35.1. The molecule has 2 heterocycles. The number of hydrazine groups is 1. The predicted octanol–water partition coefficient (Wildman–Crippen LogP) is 3.20. The van der Waals surface area contributed by atoms with Crippen LogP contribution in [0.4, 0.5) is 26.3 Å². The van der Waals surface area contributed by atoms with Gasteiger partial charge in [-0.1, -0.05) is 26.7 Å². The maximum atomic E-state index is 13.3. The van der Waals surface area contributed by atoms with Crippen LogP contribution in [-0.2, 0) is 14.4 Å². The summed E-state index contributed by atoms with van der Waals surface area (Å²) < 4.78 is 79.9. The molecule has 2 amide bonds. The molecule has 0 aromatic rings. The number of hydrogen-bond donors (Lipinski definition) is 6. The largest absolute Gasteiger partial charge is 0.391 e. The van der Waals surface area contributed by atoms with Crippen molar-refractivity contribution in [2.24, 2.45) is 35.0 Å². The number of fused-ring (bicyclic) bond motifs is 1. The molecule has 0 radical (unpaired) electrons. The summed E-state index contributed by atoms with van der Waals surface area (Å²) in [5.74, 6) is -4.98. The Bertz CT molecular complexity index is 897. The first-order valence-electron chi connectivity index (χ1n) is 14.5. The van der Waals surface area contributed by atoms with Crippen LogP contribution in [0.15, 0.2) is 0 Å². The zero-order chi connectivity index (χ0) is 30.0. The van der Waals surface area contributed by atoms with Crippen molar-refractivity contribution in [2.45, 2.75) is 103 Å². The van der Waals surface area contributed by atoms with Gasteiger partial charge >= 0.3 is 12.4 Å². The van der Waals surface area contributed by atoms with E-state index in [2.05, 4.69) is 32.3 Å². The Labute approximate surface area is 235 Å². The molecule has 0 spiro atoms. The number of halogens is 6. The van der Waals surface area contributed by atoms with Crippen LogP contribution in [0.1, 0.15) is 71.6 Å². The lowest BCUT2D eigenvalue weighted by molar-refractivity contribution is -0.230. The first kappa shape index (κ1) is 32.2. The van der Waals surface area contributed by atoms with Gasteiger partial charge in [0.2, 0.25) is 11.8 Å². The van der Waals surface area contributed by atoms with Crippen LogP contribution < -0.4 is 32.3 Å². The lowest BCUT2D eigenvalue weighted by atomic mass is 9.73. The minimum Gasteiger partial charge on any atom is -0.356 e. The molecule has 2 aliphatic heterocycles. The Morgan fingerprint density at radius 2 is 1.63 bits per heavy atom. The van der Waals surface area contributed by atoms with Crippen LogP contribution in [-0.4, -0.2) is 55.8 Å². The Balaban J connectivity index is 1.18. The molecule has 4 rings (SSSR count). The van der Waals surface area contributed by atoms with Crippen LogP contribution in [0.5, 0.6) is 0 Å². The summed E-state index contributed by atoms with van der Waals surface area (Å²) in [6.07, 6.45) is -8.60. The highest BCUT2D eigenvalue weighted by molar-refractivity contribution is 5.79. The van der Waals surface area contributed by atoms with Crippen molar-refractivity contribution in [1.29, 1.82) is 0 Å². The molecule has 0 aromatic heterocycles. The maximum Gasteiger partial charge on any atom is 0.391 e. The minimum atomic E-state index is -4.70. The molecule has 7 atom stereocenters. The molecule has 6 N–H and O–H groups in total. The number of amides is 2. The monoisotopic (exact) mass is 600 g/mol. The third-order valence-corrected chi connectivity index (χ3v) is 8.98. The summed E-state index contributed by atoms with van der Waals surface area (Å²) in [6.45, 7) is 4.97. The van der Waals surface area contributed by atoms with Gasteiger partial charge in [0.05, 0.1) is 24.2 Å². The second kappa shape index (κ2) is 12.9. The van der Waals surface area contributed by atoms with E-state index in [4.69, 9.17) is 4.84 Å². The standard InChI is InChI=1S/C26H42F6N6O3/c1-24(2,13-34-22-17-5-3-4-6-18(17)23(40)37-36-22)12-33-19(39)7-8-20-35-21(38-41-20)14-9-15(25(27,28)29)11-16(10-14)26(30,31)32/h14-18,20-22,34-36,38H,3-13H2,1-2H3,(H,33,39)(H,37,40). The van der Waals surface area contributed by atoms with Gasteiger partial charge in [-0.2, -0.15) is 31.8 Å². The Morgan fingerprint density at radius 3 is 2.29 bits per heavy atom. The zero-order valence-electron chi connectivity index (χ0n) is 23.4. The van der Waals surface area contributed by atoms with Crippen molar-refractivity contribution in [1.82, 2.24) is 32.3 Å². The fraction of sp³-hybridized carbons (Fsp3) is 0.923. The van der Waals surface area contributed by atoms with Gasteiger partial charge in [-0.05, 0) is 49.9 Å². The Morgan fingerprint density at radius 1 is 0.976 bits per heavy atom. The fourth-order valence-corrected chi connectivity index (χ4v) is 6.54. The number of hydrogen-bond acceptors (Lipinski definition) is 7. The van der Waals surface area contributed by atoms with Gasteiger partial charge in [-0.3, -0.25) is 30.5 Å². The summed E-state index contributed by atoms with van der Waals surface area (Å²) >= 11 is 0. The third-order valence-electron chi connectivity index (χ3n) is 8.98. The summed E-state index contributed by atoms with van der Waals surface area (Å²) in [6, 6.07) is 0. The molecular weight excluding hydrogens is 558 g/mol. The topological polar surface area (TPSA) is 116 Å². The molecule has 0 aromatic carbocycles. The van der Waals surface area contributed by atoms with Gasteiger partial charge < -0.3 is 5.32 Å². The quantitative estimate of drug-likeness (QED) is 0.225. The lowest BCUT2D eigenvalue weighted by Crippen LogP contribution is -2.65. The van der Waals surface area contributed by atoms with Crippen LogP contribution in [0.25, 0.3) is 0 Å². The summed E-state index contributed by atoms with van der Waals surface area (Å²) in [5.41, 5.74) is 8.08. The van der Waals surface area contributed by atoms with Gasteiger partial charge in [0, 0.05) is 31.3 Å². The molecule has 0 bridgehead atoms. The molecule has 7 unspecified atom stereocenters. The molecule has 41 heavy (non-hydrogen) atoms. The van der Waals surface area contributed by atoms with E-state index in [1.807, 2.05) is 13.8 Å². The average molecular weight is 601 g/mol. The van der Waals surface area contributed by atoms with Gasteiger partial charge in [-0.15, -0.1) is 0 Å². The van der Waals surface area contributed by atoms with Crippen molar-refractivity contribution >= 4 is 11.8 Å². The van der Waals surface area contributed by atoms with Crippen molar-refractivity contribution in [2.75, 3.05) is 13.1 Å². The first-order chi connectivity index (χ1) is 19.1. The second-order valence-electron chi connectivity index (χ2n) is 12.8. The molecule has 2 saturated carbocycles. The van der Waals surface area contributed by atoms with E-state index in [-0.39, 0.29) is 48.1 Å². The highest BCUT2D eigenvalue weighted by Crippen LogP contribution is 2.48. The van der Waals surface area contributed by atoms with Gasteiger partial charge in [0.15, 0.2) is 0 Å². The average Bonchev–Trinajstić information content (AvgIpc) is 3.39. The summed E-state index contributed by atoms with van der Waals surface area (Å²) in [5, 5.41) is 9.30. The molecule has 9 nitrogen and oxygen atoms in total. The van der Waals surface area contributed by atoms with Crippen molar-refractivity contribution < 1.29 is 40.8 Å². The van der Waals surface area contributed by atoms with E-state index in [0.29, 0.717) is 13.1 Å². The van der Waals surface area contributed by atoms with Gasteiger partial charge in [-0.25, -0.2) is 5.43 Å². The van der Waals surface area contributed by atoms with E-state index in [0.717, 1.165) is 25.7 Å². The number of carbonyl (C=O) groups excluding carboxylic acids is 2. The fourth-order valence-electron chi connectivity index (χ4n) is 6.54. The Kier molecular flexibility index (Phi) is 10.1. The molecule has 2 saturated heterocycles. The first-order valence-corrected chi connectivity index (χ1v) is 14.5. The van der Waals surface area contributed by atoms with Crippen molar-refractivity contribution in [3.05, 3.63) is 0 Å². The summed E-state index contributed by atoms with van der Waals surface area (Å²) in [4.78, 5) is 30.0. The van der Waals surface area contributed by atoms with Gasteiger partial charge in [0.25, 0.3) is 0 Å². The smallest absolute Gasteiger partial charge is 0.356 e. The highest BCUT2D eigenvalue weighted by Gasteiger charge is 2.53.